The molecule has 0 heterocycles. The van der Waals surface area contributed by atoms with E-state index in [-0.39, 0.29) is 0 Å². The topological polar surface area (TPSA) is 9.23 Å². The summed E-state index contributed by atoms with van der Waals surface area (Å²) >= 11 is 2.16. The first kappa shape index (κ1) is 17.5. The number of benzene rings is 1. The molecule has 2 heteroatoms. The van der Waals surface area contributed by atoms with Gasteiger partial charge in [0.2, 0.25) is 0 Å². The zero-order valence-electron chi connectivity index (χ0n) is 14.1. The van der Waals surface area contributed by atoms with Crippen LogP contribution < -0.4 is 4.74 Å². The Balaban J connectivity index is 1.95. The second-order valence-corrected chi connectivity index (χ2v) is 7.49. The Morgan fingerprint density at radius 2 is 1.91 bits per heavy atom. The zero-order valence-corrected chi connectivity index (χ0v) is 15.0. The van der Waals surface area contributed by atoms with Gasteiger partial charge in [0.25, 0.3) is 0 Å². The minimum absolute atomic E-state index is 0.897. The van der Waals surface area contributed by atoms with Crippen molar-refractivity contribution in [3.63, 3.8) is 0 Å². The van der Waals surface area contributed by atoms with Crippen molar-refractivity contribution in [2.75, 3.05) is 12.9 Å². The summed E-state index contributed by atoms with van der Waals surface area (Å²) in [4.78, 5) is 0. The van der Waals surface area contributed by atoms with Gasteiger partial charge in [0.15, 0.2) is 0 Å². The minimum atomic E-state index is 0.897. The van der Waals surface area contributed by atoms with Gasteiger partial charge in [-0.05, 0) is 49.0 Å². The predicted molar refractivity (Wildman–Crippen MR) is 99.8 cm³/mol. The molecule has 0 aliphatic heterocycles. The maximum atomic E-state index is 5.27. The van der Waals surface area contributed by atoms with E-state index in [2.05, 4.69) is 49.0 Å². The summed E-state index contributed by atoms with van der Waals surface area (Å²) in [5, 5.41) is 0.897. The predicted octanol–water partition coefficient (Wildman–Crippen LogP) is 6.33. The first-order chi connectivity index (χ1) is 10.8. The Morgan fingerprint density at radius 3 is 2.55 bits per heavy atom. The van der Waals surface area contributed by atoms with Crippen LogP contribution in [-0.4, -0.2) is 18.1 Å². The van der Waals surface area contributed by atoms with E-state index in [1.807, 2.05) is 0 Å². The van der Waals surface area contributed by atoms with Gasteiger partial charge in [0, 0.05) is 11.0 Å². The number of hydrogen-bond donors (Lipinski definition) is 0. The molecule has 122 valence electrons. The molecule has 1 nitrogen and oxygen atoms in total. The molecular formula is C20H30OS. The third-order valence-electron chi connectivity index (χ3n) is 4.47. The Labute approximate surface area is 140 Å². The second kappa shape index (κ2) is 9.99. The van der Waals surface area contributed by atoms with E-state index in [0.29, 0.717) is 0 Å². The van der Waals surface area contributed by atoms with Crippen molar-refractivity contribution in [3.05, 3.63) is 35.9 Å². The van der Waals surface area contributed by atoms with Gasteiger partial charge >= 0.3 is 0 Å². The highest BCUT2D eigenvalue weighted by molar-refractivity contribution is 8.00. The lowest BCUT2D eigenvalue weighted by Gasteiger charge is -2.20. The van der Waals surface area contributed by atoms with Gasteiger partial charge < -0.3 is 4.74 Å². The van der Waals surface area contributed by atoms with Crippen LogP contribution in [0.25, 0.3) is 5.57 Å². The molecule has 0 bridgehead atoms. The summed E-state index contributed by atoms with van der Waals surface area (Å²) in [5.41, 5.74) is 2.87. The number of ether oxygens (including phenoxy) is 1. The molecule has 1 saturated carbocycles. The fraction of sp³-hybridized carbons (Fsp3) is 0.600. The molecule has 1 fully saturated rings. The van der Waals surface area contributed by atoms with Gasteiger partial charge in [0.05, 0.1) is 7.11 Å². The number of allylic oxidation sites excluding steroid dienone is 1. The number of rotatable bonds is 8. The van der Waals surface area contributed by atoms with Crippen LogP contribution in [0.15, 0.2) is 30.3 Å². The Kier molecular flexibility index (Phi) is 7.93. The third-order valence-corrected chi connectivity index (χ3v) is 5.78. The summed E-state index contributed by atoms with van der Waals surface area (Å²) in [7, 11) is 1.73. The Morgan fingerprint density at radius 1 is 1.18 bits per heavy atom. The van der Waals surface area contributed by atoms with Crippen LogP contribution in [0.2, 0.25) is 0 Å². The van der Waals surface area contributed by atoms with Crippen molar-refractivity contribution in [1.82, 2.24) is 0 Å². The molecule has 1 aromatic rings. The van der Waals surface area contributed by atoms with Crippen LogP contribution in [0, 0.1) is 0 Å². The minimum Gasteiger partial charge on any atom is -0.497 e. The van der Waals surface area contributed by atoms with Gasteiger partial charge in [0.1, 0.15) is 5.75 Å². The molecule has 2 rings (SSSR count). The molecule has 0 aromatic heterocycles. The van der Waals surface area contributed by atoms with Gasteiger partial charge in [-0.25, -0.2) is 0 Å². The average Bonchev–Trinajstić information content (AvgIpc) is 2.59. The quantitative estimate of drug-likeness (QED) is 0.553. The molecule has 1 aliphatic carbocycles. The van der Waals surface area contributed by atoms with Crippen molar-refractivity contribution in [2.24, 2.45) is 0 Å². The summed E-state index contributed by atoms with van der Waals surface area (Å²) in [6.45, 7) is 2.27. The molecule has 0 saturated heterocycles. The summed E-state index contributed by atoms with van der Waals surface area (Å²) in [6.07, 6.45) is 13.3. The van der Waals surface area contributed by atoms with Crippen molar-refractivity contribution >= 4 is 17.3 Å². The first-order valence-corrected chi connectivity index (χ1v) is 9.83. The molecule has 22 heavy (non-hydrogen) atoms. The first-order valence-electron chi connectivity index (χ1n) is 8.78. The third kappa shape index (κ3) is 5.72. The lowest BCUT2D eigenvalue weighted by Crippen LogP contribution is -2.08. The second-order valence-electron chi connectivity index (χ2n) is 6.15. The molecule has 1 aliphatic rings. The SMILES string of the molecule is CCCC/C(=C\CSC1CCCCC1)c1ccc(OC)cc1. The van der Waals surface area contributed by atoms with Crippen molar-refractivity contribution in [3.8, 4) is 5.75 Å². The Bertz CT molecular complexity index is 443. The molecule has 0 N–H and O–H groups in total. The molecule has 0 spiro atoms. The molecule has 0 atom stereocenters. The number of unbranched alkanes of at least 4 members (excludes halogenated alkanes) is 1. The highest BCUT2D eigenvalue weighted by Crippen LogP contribution is 2.30. The van der Waals surface area contributed by atoms with Crippen LogP contribution in [0.4, 0.5) is 0 Å². The fourth-order valence-electron chi connectivity index (χ4n) is 3.05. The fourth-order valence-corrected chi connectivity index (χ4v) is 4.29. The van der Waals surface area contributed by atoms with Crippen LogP contribution in [0.3, 0.4) is 0 Å². The number of thioether (sulfide) groups is 1. The van der Waals surface area contributed by atoms with Crippen molar-refractivity contribution < 1.29 is 4.74 Å². The summed E-state index contributed by atoms with van der Waals surface area (Å²) in [6, 6.07) is 8.55. The maximum absolute atomic E-state index is 5.27. The maximum Gasteiger partial charge on any atom is 0.118 e. The van der Waals surface area contributed by atoms with E-state index in [0.717, 1.165) is 16.8 Å². The highest BCUT2D eigenvalue weighted by Gasteiger charge is 2.13. The van der Waals surface area contributed by atoms with Crippen molar-refractivity contribution in [1.29, 1.82) is 0 Å². The van der Waals surface area contributed by atoms with Gasteiger partial charge in [-0.2, -0.15) is 11.8 Å². The van der Waals surface area contributed by atoms with Gasteiger partial charge in [-0.3, -0.25) is 0 Å². The van der Waals surface area contributed by atoms with Crippen LogP contribution in [0.1, 0.15) is 63.9 Å². The smallest absolute Gasteiger partial charge is 0.118 e. The lowest BCUT2D eigenvalue weighted by atomic mass is 10.00. The van der Waals surface area contributed by atoms with E-state index in [4.69, 9.17) is 4.74 Å². The van der Waals surface area contributed by atoms with Crippen LogP contribution in [-0.2, 0) is 0 Å². The molecule has 0 unspecified atom stereocenters. The molecule has 0 amide bonds. The van der Waals surface area contributed by atoms with Crippen LogP contribution >= 0.6 is 11.8 Å². The molecule has 0 radical (unpaired) electrons. The zero-order chi connectivity index (χ0) is 15.6. The summed E-state index contributed by atoms with van der Waals surface area (Å²) in [5.74, 6) is 2.10. The van der Waals surface area contributed by atoms with E-state index in [1.165, 1.54) is 62.5 Å². The standard InChI is InChI=1S/C20H30OS/c1-3-4-8-17(18-11-13-19(21-2)14-12-18)15-16-22-20-9-6-5-7-10-20/h11-15,20H,3-10,16H2,1-2H3/b17-15+. The van der Waals surface area contributed by atoms with E-state index < -0.39 is 0 Å². The summed E-state index contributed by atoms with van der Waals surface area (Å²) < 4.78 is 5.27. The Hall–Kier alpha value is -0.890. The van der Waals surface area contributed by atoms with Gasteiger partial charge in [-0.1, -0.05) is 50.8 Å². The number of methoxy groups -OCH3 is 1. The lowest BCUT2D eigenvalue weighted by molar-refractivity contribution is 0.415. The number of hydrogen-bond acceptors (Lipinski definition) is 2. The largest absolute Gasteiger partial charge is 0.497 e. The van der Waals surface area contributed by atoms with Crippen LogP contribution in [0.5, 0.6) is 5.75 Å². The molecule has 1 aromatic carbocycles. The monoisotopic (exact) mass is 318 g/mol. The van der Waals surface area contributed by atoms with E-state index in [1.54, 1.807) is 7.11 Å². The highest BCUT2D eigenvalue weighted by atomic mass is 32.2. The van der Waals surface area contributed by atoms with Gasteiger partial charge in [-0.15, -0.1) is 0 Å². The normalized spacial score (nSPS) is 16.7. The van der Waals surface area contributed by atoms with Crippen molar-refractivity contribution in [2.45, 2.75) is 63.5 Å². The van der Waals surface area contributed by atoms with E-state index >= 15 is 0 Å². The molecular weight excluding hydrogens is 288 g/mol. The average molecular weight is 319 g/mol. The van der Waals surface area contributed by atoms with E-state index in [9.17, 15) is 0 Å².